The van der Waals surface area contributed by atoms with Crippen LogP contribution >= 0.6 is 0 Å². The Bertz CT molecular complexity index is 418. The summed E-state index contributed by atoms with van der Waals surface area (Å²) in [5.74, 6) is 0.543. The van der Waals surface area contributed by atoms with Crippen molar-refractivity contribution in [1.29, 1.82) is 0 Å². The minimum absolute atomic E-state index is 0.0466. The second kappa shape index (κ2) is 6.12. The summed E-state index contributed by atoms with van der Waals surface area (Å²) in [6.07, 6.45) is -2.51. The highest BCUT2D eigenvalue weighted by atomic mass is 19.4. The first kappa shape index (κ1) is 15.6. The zero-order valence-electron chi connectivity index (χ0n) is 11.4. The maximum Gasteiger partial charge on any atom is 0.416 e. The Morgan fingerprint density at radius 3 is 2.47 bits per heavy atom. The van der Waals surface area contributed by atoms with Crippen molar-refractivity contribution in [3.8, 4) is 0 Å². The highest BCUT2D eigenvalue weighted by molar-refractivity contribution is 5.47. The summed E-state index contributed by atoms with van der Waals surface area (Å²) in [6.45, 7) is 6.11. The maximum absolute atomic E-state index is 12.6. The van der Waals surface area contributed by atoms with Gasteiger partial charge in [-0.05, 0) is 31.4 Å². The standard InChI is InChI=1S/C13H20F3N3/c1-4-8(2)5-9(3)18-12-7-10(13(14,15)16)6-11(17)19-12/h6-9H,4-5H2,1-3H3,(H3,17,18,19). The van der Waals surface area contributed by atoms with Crippen LogP contribution in [0, 0.1) is 5.92 Å². The molecular formula is C13H20F3N3. The lowest BCUT2D eigenvalue weighted by Crippen LogP contribution is -2.20. The molecule has 2 atom stereocenters. The molecule has 0 bridgehead atoms. The molecule has 0 saturated carbocycles. The number of nitrogens with zero attached hydrogens (tertiary/aromatic N) is 1. The normalized spacial score (nSPS) is 15.1. The minimum Gasteiger partial charge on any atom is -0.384 e. The smallest absolute Gasteiger partial charge is 0.384 e. The van der Waals surface area contributed by atoms with E-state index in [4.69, 9.17) is 5.73 Å². The summed E-state index contributed by atoms with van der Waals surface area (Å²) in [6, 6.07) is 1.87. The molecule has 19 heavy (non-hydrogen) atoms. The van der Waals surface area contributed by atoms with E-state index < -0.39 is 11.7 Å². The van der Waals surface area contributed by atoms with Crippen LogP contribution in [-0.4, -0.2) is 11.0 Å². The number of hydrogen-bond donors (Lipinski definition) is 2. The van der Waals surface area contributed by atoms with Crippen molar-refractivity contribution in [2.24, 2.45) is 5.92 Å². The first-order valence-electron chi connectivity index (χ1n) is 6.33. The zero-order chi connectivity index (χ0) is 14.6. The molecule has 0 aliphatic rings. The SMILES string of the molecule is CCC(C)CC(C)Nc1cc(C(F)(F)F)cc(N)n1. The van der Waals surface area contributed by atoms with Crippen LogP contribution < -0.4 is 11.1 Å². The predicted molar refractivity (Wildman–Crippen MR) is 70.8 cm³/mol. The Morgan fingerprint density at radius 1 is 1.32 bits per heavy atom. The molecule has 2 unspecified atom stereocenters. The van der Waals surface area contributed by atoms with Crippen molar-refractivity contribution < 1.29 is 13.2 Å². The predicted octanol–water partition coefficient (Wildman–Crippen LogP) is 3.92. The molecule has 1 aromatic rings. The second-order valence-corrected chi connectivity index (χ2v) is 4.96. The van der Waals surface area contributed by atoms with Gasteiger partial charge in [-0.2, -0.15) is 13.2 Å². The number of anilines is 2. The van der Waals surface area contributed by atoms with Crippen molar-refractivity contribution in [3.05, 3.63) is 17.7 Å². The number of nitrogens with two attached hydrogens (primary N) is 1. The van der Waals surface area contributed by atoms with Gasteiger partial charge in [0.15, 0.2) is 0 Å². The zero-order valence-corrected chi connectivity index (χ0v) is 11.4. The van der Waals surface area contributed by atoms with Gasteiger partial charge in [0.2, 0.25) is 0 Å². The molecule has 1 rings (SSSR count). The summed E-state index contributed by atoms with van der Waals surface area (Å²) in [5.41, 5.74) is 4.63. The molecule has 0 fully saturated rings. The molecule has 3 N–H and O–H groups in total. The van der Waals surface area contributed by atoms with E-state index in [1.807, 2.05) is 6.92 Å². The Balaban J connectivity index is 2.81. The first-order chi connectivity index (χ1) is 8.72. The molecule has 108 valence electrons. The lowest BCUT2D eigenvalue weighted by molar-refractivity contribution is -0.137. The fourth-order valence-electron chi connectivity index (χ4n) is 1.87. The van der Waals surface area contributed by atoms with Gasteiger partial charge < -0.3 is 11.1 Å². The number of aromatic nitrogens is 1. The Kier molecular flexibility index (Phi) is 5.03. The number of nitrogens with one attached hydrogen (secondary N) is 1. The summed E-state index contributed by atoms with van der Waals surface area (Å²) < 4.78 is 37.9. The molecule has 0 radical (unpaired) electrons. The van der Waals surface area contributed by atoms with E-state index in [2.05, 4.69) is 24.1 Å². The van der Waals surface area contributed by atoms with E-state index in [-0.39, 0.29) is 17.7 Å². The highest BCUT2D eigenvalue weighted by Gasteiger charge is 2.31. The van der Waals surface area contributed by atoms with Crippen molar-refractivity contribution in [2.45, 2.75) is 45.8 Å². The third-order valence-electron chi connectivity index (χ3n) is 3.02. The van der Waals surface area contributed by atoms with Crippen LogP contribution in [-0.2, 0) is 6.18 Å². The minimum atomic E-state index is -4.41. The lowest BCUT2D eigenvalue weighted by atomic mass is 10.0. The van der Waals surface area contributed by atoms with Crippen LogP contribution in [0.3, 0.4) is 0 Å². The van der Waals surface area contributed by atoms with Gasteiger partial charge in [-0.1, -0.05) is 20.3 Å². The van der Waals surface area contributed by atoms with E-state index in [0.29, 0.717) is 5.92 Å². The topological polar surface area (TPSA) is 50.9 Å². The fourth-order valence-corrected chi connectivity index (χ4v) is 1.87. The Morgan fingerprint density at radius 2 is 1.95 bits per heavy atom. The average molecular weight is 275 g/mol. The van der Waals surface area contributed by atoms with Crippen LogP contribution in [0.15, 0.2) is 12.1 Å². The van der Waals surface area contributed by atoms with Gasteiger partial charge in [0.1, 0.15) is 11.6 Å². The van der Waals surface area contributed by atoms with Crippen molar-refractivity contribution >= 4 is 11.6 Å². The van der Waals surface area contributed by atoms with Crippen molar-refractivity contribution in [1.82, 2.24) is 4.98 Å². The van der Waals surface area contributed by atoms with Gasteiger partial charge >= 0.3 is 6.18 Å². The fraction of sp³-hybridized carbons (Fsp3) is 0.615. The number of alkyl halides is 3. The number of halogens is 3. The summed E-state index contributed by atoms with van der Waals surface area (Å²) in [7, 11) is 0. The van der Waals surface area contributed by atoms with Gasteiger partial charge in [0.25, 0.3) is 0 Å². The molecule has 1 heterocycles. The largest absolute Gasteiger partial charge is 0.416 e. The van der Waals surface area contributed by atoms with Gasteiger partial charge in [0, 0.05) is 6.04 Å². The van der Waals surface area contributed by atoms with E-state index >= 15 is 0 Å². The van der Waals surface area contributed by atoms with E-state index in [1.165, 1.54) is 0 Å². The van der Waals surface area contributed by atoms with Gasteiger partial charge in [0.05, 0.1) is 5.56 Å². The van der Waals surface area contributed by atoms with Gasteiger partial charge in [-0.15, -0.1) is 0 Å². The van der Waals surface area contributed by atoms with Gasteiger partial charge in [-0.25, -0.2) is 4.98 Å². The van der Waals surface area contributed by atoms with Crippen LogP contribution in [0.25, 0.3) is 0 Å². The molecule has 0 aromatic carbocycles. The first-order valence-corrected chi connectivity index (χ1v) is 6.33. The van der Waals surface area contributed by atoms with Crippen molar-refractivity contribution in [2.75, 3.05) is 11.1 Å². The van der Waals surface area contributed by atoms with E-state index in [9.17, 15) is 13.2 Å². The summed E-state index contributed by atoms with van der Waals surface area (Å²) in [4.78, 5) is 3.89. The van der Waals surface area contributed by atoms with Crippen LogP contribution in [0.2, 0.25) is 0 Å². The van der Waals surface area contributed by atoms with Crippen LogP contribution in [0.4, 0.5) is 24.8 Å². The van der Waals surface area contributed by atoms with E-state index in [1.54, 1.807) is 0 Å². The molecule has 1 aromatic heterocycles. The molecule has 0 aliphatic heterocycles. The number of hydrogen-bond acceptors (Lipinski definition) is 3. The van der Waals surface area contributed by atoms with Crippen LogP contribution in [0.1, 0.15) is 39.2 Å². The molecular weight excluding hydrogens is 255 g/mol. The maximum atomic E-state index is 12.6. The molecule has 0 aliphatic carbocycles. The molecule has 0 saturated heterocycles. The highest BCUT2D eigenvalue weighted by Crippen LogP contribution is 2.31. The number of nitrogen functional groups attached to an aromatic ring is 1. The second-order valence-electron chi connectivity index (χ2n) is 4.96. The number of pyridine rings is 1. The number of rotatable bonds is 5. The lowest BCUT2D eigenvalue weighted by Gasteiger charge is -2.19. The quantitative estimate of drug-likeness (QED) is 0.856. The monoisotopic (exact) mass is 275 g/mol. The third kappa shape index (κ3) is 4.96. The Labute approximate surface area is 111 Å². The Hall–Kier alpha value is -1.46. The summed E-state index contributed by atoms with van der Waals surface area (Å²) >= 11 is 0. The molecule has 3 nitrogen and oxygen atoms in total. The van der Waals surface area contributed by atoms with E-state index in [0.717, 1.165) is 25.0 Å². The van der Waals surface area contributed by atoms with Gasteiger partial charge in [-0.3, -0.25) is 0 Å². The summed E-state index contributed by atoms with van der Waals surface area (Å²) in [5, 5.41) is 2.97. The van der Waals surface area contributed by atoms with Crippen LogP contribution in [0.5, 0.6) is 0 Å². The average Bonchev–Trinajstić information content (AvgIpc) is 2.26. The molecule has 0 spiro atoms. The molecule has 0 amide bonds. The van der Waals surface area contributed by atoms with Crippen molar-refractivity contribution in [3.63, 3.8) is 0 Å². The molecule has 6 heteroatoms. The third-order valence-corrected chi connectivity index (χ3v) is 3.02.